The van der Waals surface area contributed by atoms with Crippen molar-refractivity contribution < 1.29 is 5.11 Å². The molecule has 0 unspecified atom stereocenters. The molecule has 0 saturated heterocycles. The molecule has 3 heteroatoms. The zero-order chi connectivity index (χ0) is 12.1. The molecule has 94 valence electrons. The Bertz CT molecular complexity index is 333. The molecular weight excluding hydrogens is 212 g/mol. The molecule has 1 aromatic heterocycles. The number of likely N-dealkylation sites (N-methyl/N-ethyl adjacent to an activating group) is 1. The molecule has 2 rings (SSSR count). The first-order chi connectivity index (χ1) is 8.18. The van der Waals surface area contributed by atoms with Crippen LogP contribution in [-0.4, -0.2) is 40.7 Å². The van der Waals surface area contributed by atoms with Gasteiger partial charge in [0.15, 0.2) is 0 Å². The van der Waals surface area contributed by atoms with Crippen molar-refractivity contribution in [3.63, 3.8) is 0 Å². The second kappa shape index (κ2) is 5.61. The number of aromatic nitrogens is 1. The van der Waals surface area contributed by atoms with Gasteiger partial charge in [-0.3, -0.25) is 4.98 Å². The Balaban J connectivity index is 1.76. The van der Waals surface area contributed by atoms with Gasteiger partial charge in [0.25, 0.3) is 0 Å². The highest BCUT2D eigenvalue weighted by Gasteiger charge is 2.31. The number of pyridine rings is 1. The quantitative estimate of drug-likeness (QED) is 0.845. The summed E-state index contributed by atoms with van der Waals surface area (Å²) in [4.78, 5) is 6.35. The molecule has 1 saturated carbocycles. The van der Waals surface area contributed by atoms with Gasteiger partial charge in [-0.05, 0) is 37.9 Å². The van der Waals surface area contributed by atoms with E-state index >= 15 is 0 Å². The lowest BCUT2D eigenvalue weighted by Gasteiger charge is -2.28. The van der Waals surface area contributed by atoms with Gasteiger partial charge < -0.3 is 10.0 Å². The minimum absolute atomic E-state index is 0.427. The minimum atomic E-state index is -0.427. The van der Waals surface area contributed by atoms with Gasteiger partial charge in [-0.25, -0.2) is 0 Å². The summed E-state index contributed by atoms with van der Waals surface area (Å²) < 4.78 is 0. The largest absolute Gasteiger partial charge is 0.389 e. The van der Waals surface area contributed by atoms with Crippen LogP contribution in [0.5, 0.6) is 0 Å². The Morgan fingerprint density at radius 2 is 2.18 bits per heavy atom. The Morgan fingerprint density at radius 3 is 2.82 bits per heavy atom. The van der Waals surface area contributed by atoms with Crippen LogP contribution < -0.4 is 0 Å². The van der Waals surface area contributed by atoms with Crippen LogP contribution in [-0.2, 0) is 6.42 Å². The van der Waals surface area contributed by atoms with Gasteiger partial charge in [-0.15, -0.1) is 0 Å². The van der Waals surface area contributed by atoms with E-state index in [2.05, 4.69) is 23.0 Å². The zero-order valence-electron chi connectivity index (χ0n) is 10.6. The number of nitrogens with zero attached hydrogens (tertiary/aromatic N) is 2. The highest BCUT2D eigenvalue weighted by atomic mass is 16.3. The SMILES string of the molecule is CN(CCc1cccnc1)CC1(O)CCCC1. The summed E-state index contributed by atoms with van der Waals surface area (Å²) in [5, 5.41) is 10.3. The summed E-state index contributed by atoms with van der Waals surface area (Å²) >= 11 is 0. The molecule has 17 heavy (non-hydrogen) atoms. The molecule has 0 atom stereocenters. The molecule has 0 aliphatic heterocycles. The van der Waals surface area contributed by atoms with Crippen LogP contribution >= 0.6 is 0 Å². The Hall–Kier alpha value is -0.930. The van der Waals surface area contributed by atoms with E-state index < -0.39 is 5.60 Å². The maximum atomic E-state index is 10.3. The van der Waals surface area contributed by atoms with Gasteiger partial charge in [-0.2, -0.15) is 0 Å². The van der Waals surface area contributed by atoms with Crippen LogP contribution in [0.1, 0.15) is 31.2 Å². The van der Waals surface area contributed by atoms with Gasteiger partial charge >= 0.3 is 0 Å². The molecular formula is C14H22N2O. The Morgan fingerprint density at radius 1 is 1.41 bits per heavy atom. The molecule has 1 aliphatic rings. The first-order valence-electron chi connectivity index (χ1n) is 6.48. The topological polar surface area (TPSA) is 36.4 Å². The van der Waals surface area contributed by atoms with Crippen molar-refractivity contribution in [2.24, 2.45) is 0 Å². The van der Waals surface area contributed by atoms with Crippen LogP contribution in [0.2, 0.25) is 0 Å². The molecule has 0 spiro atoms. The molecule has 1 N–H and O–H groups in total. The van der Waals surface area contributed by atoms with Crippen LogP contribution in [0.4, 0.5) is 0 Å². The van der Waals surface area contributed by atoms with E-state index in [1.165, 1.54) is 18.4 Å². The number of hydrogen-bond acceptors (Lipinski definition) is 3. The first kappa shape index (κ1) is 12.5. The van der Waals surface area contributed by atoms with E-state index in [0.29, 0.717) is 0 Å². The van der Waals surface area contributed by atoms with Crippen LogP contribution in [0, 0.1) is 0 Å². The average molecular weight is 234 g/mol. The Labute approximate surface area is 103 Å². The molecule has 1 heterocycles. The predicted molar refractivity (Wildman–Crippen MR) is 68.9 cm³/mol. The molecule has 1 aromatic rings. The smallest absolute Gasteiger partial charge is 0.0774 e. The summed E-state index contributed by atoms with van der Waals surface area (Å²) in [6.45, 7) is 1.78. The summed E-state index contributed by atoms with van der Waals surface area (Å²) in [6.07, 6.45) is 8.99. The van der Waals surface area contributed by atoms with Crippen molar-refractivity contribution in [1.82, 2.24) is 9.88 Å². The minimum Gasteiger partial charge on any atom is -0.389 e. The third-order valence-electron chi connectivity index (χ3n) is 3.60. The predicted octanol–water partition coefficient (Wildman–Crippen LogP) is 1.86. The maximum Gasteiger partial charge on any atom is 0.0774 e. The number of rotatable bonds is 5. The fourth-order valence-electron chi connectivity index (χ4n) is 2.64. The standard InChI is InChI=1S/C14H22N2O/c1-16(12-14(17)7-2-3-8-14)10-6-13-5-4-9-15-11-13/h4-5,9,11,17H,2-3,6-8,10,12H2,1H3. The van der Waals surface area contributed by atoms with Crippen LogP contribution in [0.15, 0.2) is 24.5 Å². The molecule has 3 nitrogen and oxygen atoms in total. The van der Waals surface area contributed by atoms with Crippen molar-refractivity contribution in [3.8, 4) is 0 Å². The molecule has 0 radical (unpaired) electrons. The number of aliphatic hydroxyl groups is 1. The fourth-order valence-corrected chi connectivity index (χ4v) is 2.64. The second-order valence-electron chi connectivity index (χ2n) is 5.28. The summed E-state index contributed by atoms with van der Waals surface area (Å²) in [5.41, 5.74) is 0.835. The molecule has 0 bridgehead atoms. The van der Waals surface area contributed by atoms with Crippen molar-refractivity contribution in [2.45, 2.75) is 37.7 Å². The molecule has 1 aliphatic carbocycles. The monoisotopic (exact) mass is 234 g/mol. The maximum absolute atomic E-state index is 10.3. The summed E-state index contributed by atoms with van der Waals surface area (Å²) in [7, 11) is 2.09. The summed E-state index contributed by atoms with van der Waals surface area (Å²) in [6, 6.07) is 4.07. The third kappa shape index (κ3) is 3.79. The van der Waals surface area contributed by atoms with E-state index in [1.54, 1.807) is 6.20 Å². The first-order valence-corrected chi connectivity index (χ1v) is 6.48. The lowest BCUT2D eigenvalue weighted by Crippen LogP contribution is -2.39. The summed E-state index contributed by atoms with van der Waals surface area (Å²) in [5.74, 6) is 0. The highest BCUT2D eigenvalue weighted by Crippen LogP contribution is 2.29. The lowest BCUT2D eigenvalue weighted by atomic mass is 10.0. The number of hydrogen-bond donors (Lipinski definition) is 1. The van der Waals surface area contributed by atoms with E-state index in [4.69, 9.17) is 0 Å². The van der Waals surface area contributed by atoms with Gasteiger partial charge in [-0.1, -0.05) is 18.9 Å². The fraction of sp³-hybridized carbons (Fsp3) is 0.643. The van der Waals surface area contributed by atoms with Gasteiger partial charge in [0.1, 0.15) is 0 Å². The molecule has 0 amide bonds. The van der Waals surface area contributed by atoms with Crippen LogP contribution in [0.25, 0.3) is 0 Å². The zero-order valence-corrected chi connectivity index (χ0v) is 10.6. The Kier molecular flexibility index (Phi) is 4.13. The van der Waals surface area contributed by atoms with Crippen molar-refractivity contribution in [2.75, 3.05) is 20.1 Å². The van der Waals surface area contributed by atoms with Gasteiger partial charge in [0, 0.05) is 25.5 Å². The average Bonchev–Trinajstić information content (AvgIpc) is 2.74. The van der Waals surface area contributed by atoms with E-state index in [0.717, 1.165) is 32.4 Å². The van der Waals surface area contributed by atoms with Crippen molar-refractivity contribution >= 4 is 0 Å². The van der Waals surface area contributed by atoms with E-state index in [-0.39, 0.29) is 0 Å². The van der Waals surface area contributed by atoms with Gasteiger partial charge in [0.2, 0.25) is 0 Å². The van der Waals surface area contributed by atoms with Crippen molar-refractivity contribution in [3.05, 3.63) is 30.1 Å². The normalized spacial score (nSPS) is 18.8. The molecule has 1 fully saturated rings. The second-order valence-corrected chi connectivity index (χ2v) is 5.28. The van der Waals surface area contributed by atoms with Gasteiger partial charge in [0.05, 0.1) is 5.60 Å². The van der Waals surface area contributed by atoms with Crippen molar-refractivity contribution in [1.29, 1.82) is 0 Å². The lowest BCUT2D eigenvalue weighted by molar-refractivity contribution is 0.0167. The highest BCUT2D eigenvalue weighted by molar-refractivity contribution is 5.08. The van der Waals surface area contributed by atoms with E-state index in [1.807, 2.05) is 12.3 Å². The molecule has 0 aromatic carbocycles. The van der Waals surface area contributed by atoms with E-state index in [9.17, 15) is 5.11 Å². The van der Waals surface area contributed by atoms with Crippen LogP contribution in [0.3, 0.4) is 0 Å². The third-order valence-corrected chi connectivity index (χ3v) is 3.60.